The van der Waals surface area contributed by atoms with Gasteiger partial charge in [0.1, 0.15) is 0 Å². The monoisotopic (exact) mass is 357 g/mol. The van der Waals surface area contributed by atoms with Crippen molar-refractivity contribution in [3.8, 4) is 5.69 Å². The summed E-state index contributed by atoms with van der Waals surface area (Å²) in [6.45, 7) is 3.73. The van der Waals surface area contributed by atoms with Crippen LogP contribution in [-0.4, -0.2) is 23.6 Å². The third kappa shape index (κ3) is 2.15. The van der Waals surface area contributed by atoms with Crippen LogP contribution in [-0.2, 0) is 0 Å². The fourth-order valence-corrected chi connectivity index (χ4v) is 3.46. The molecule has 0 radical (unpaired) electrons. The molecule has 0 saturated heterocycles. The second-order valence-electron chi connectivity index (χ2n) is 6.58. The molecule has 5 rings (SSSR count). The van der Waals surface area contributed by atoms with Crippen LogP contribution in [0.3, 0.4) is 0 Å². The van der Waals surface area contributed by atoms with Crippen LogP contribution < -0.4 is 11.1 Å². The normalized spacial score (nSPS) is 11.6. The standard InChI is InChI=1S/C20H15N5O2/c1-12-6-5-7-14(10-12)23-18(27)15-8-3-4-9-16(15)24-19-21-13(2)11-17(26)25(19)22-20(23)24/h3-11H,1-2H3. The lowest BCUT2D eigenvalue weighted by molar-refractivity contribution is 0.882. The molecule has 0 aliphatic carbocycles. The van der Waals surface area contributed by atoms with Gasteiger partial charge in [-0.3, -0.25) is 9.59 Å². The Hall–Kier alpha value is -3.74. The van der Waals surface area contributed by atoms with E-state index in [2.05, 4.69) is 10.1 Å². The number of aryl methyl sites for hydroxylation is 2. The summed E-state index contributed by atoms with van der Waals surface area (Å²) in [5.74, 6) is 0.729. The fourth-order valence-electron chi connectivity index (χ4n) is 3.46. The van der Waals surface area contributed by atoms with E-state index < -0.39 is 0 Å². The first-order chi connectivity index (χ1) is 13.0. The van der Waals surface area contributed by atoms with Crippen molar-refractivity contribution in [1.82, 2.24) is 23.6 Å². The molecule has 2 aromatic carbocycles. The fraction of sp³-hybridized carbons (Fsp3) is 0.100. The van der Waals surface area contributed by atoms with Crippen LogP contribution in [0.2, 0.25) is 0 Å². The van der Waals surface area contributed by atoms with Gasteiger partial charge >= 0.3 is 0 Å². The highest BCUT2D eigenvalue weighted by molar-refractivity contribution is 5.82. The van der Waals surface area contributed by atoms with Crippen molar-refractivity contribution in [3.63, 3.8) is 0 Å². The van der Waals surface area contributed by atoms with Gasteiger partial charge < -0.3 is 0 Å². The average molecular weight is 357 g/mol. The zero-order chi connectivity index (χ0) is 18.7. The molecule has 0 atom stereocenters. The summed E-state index contributed by atoms with van der Waals surface area (Å²) in [5.41, 5.74) is 2.49. The lowest BCUT2D eigenvalue weighted by Crippen LogP contribution is -2.21. The molecule has 0 bridgehead atoms. The molecule has 5 aromatic rings. The Kier molecular flexibility index (Phi) is 3.09. The molecule has 7 nitrogen and oxygen atoms in total. The molecule has 3 aromatic heterocycles. The quantitative estimate of drug-likeness (QED) is 0.461. The van der Waals surface area contributed by atoms with E-state index in [0.29, 0.717) is 33.8 Å². The predicted molar refractivity (Wildman–Crippen MR) is 103 cm³/mol. The van der Waals surface area contributed by atoms with Gasteiger partial charge in [0.25, 0.3) is 11.1 Å². The SMILES string of the molecule is Cc1cccc(-n2c(=O)c3ccccc3n3c2nn2c(=O)cc(C)nc23)c1. The van der Waals surface area contributed by atoms with Gasteiger partial charge in [0.15, 0.2) is 0 Å². The van der Waals surface area contributed by atoms with E-state index in [9.17, 15) is 9.59 Å². The molecule has 3 heterocycles. The lowest BCUT2D eigenvalue weighted by Gasteiger charge is -2.10. The number of fused-ring (bicyclic) bond motifs is 5. The first kappa shape index (κ1) is 15.5. The van der Waals surface area contributed by atoms with Gasteiger partial charge in [-0.1, -0.05) is 24.3 Å². The number of hydrogen-bond donors (Lipinski definition) is 0. The minimum absolute atomic E-state index is 0.191. The van der Waals surface area contributed by atoms with Crippen molar-refractivity contribution < 1.29 is 0 Å². The van der Waals surface area contributed by atoms with Crippen molar-refractivity contribution in [2.24, 2.45) is 0 Å². The summed E-state index contributed by atoms with van der Waals surface area (Å²) in [6.07, 6.45) is 0. The lowest BCUT2D eigenvalue weighted by atomic mass is 10.2. The number of aromatic nitrogens is 5. The van der Waals surface area contributed by atoms with E-state index in [1.54, 1.807) is 17.4 Å². The summed E-state index contributed by atoms with van der Waals surface area (Å²) in [5, 5.41) is 4.97. The molecule has 132 valence electrons. The van der Waals surface area contributed by atoms with Crippen molar-refractivity contribution in [3.05, 3.63) is 86.6 Å². The number of nitrogens with zero attached hydrogens (tertiary/aromatic N) is 5. The Morgan fingerprint density at radius 3 is 2.52 bits per heavy atom. The van der Waals surface area contributed by atoms with E-state index in [4.69, 9.17) is 0 Å². The number of rotatable bonds is 1. The third-order valence-electron chi connectivity index (χ3n) is 4.63. The van der Waals surface area contributed by atoms with Gasteiger partial charge in [0.2, 0.25) is 11.6 Å². The number of hydrogen-bond acceptors (Lipinski definition) is 4. The average Bonchev–Trinajstić information content (AvgIpc) is 3.01. The Morgan fingerprint density at radius 2 is 1.70 bits per heavy atom. The Labute approximate surface area is 152 Å². The van der Waals surface area contributed by atoms with E-state index in [-0.39, 0.29) is 11.1 Å². The Morgan fingerprint density at radius 1 is 0.889 bits per heavy atom. The summed E-state index contributed by atoms with van der Waals surface area (Å²) >= 11 is 0. The molecule has 0 amide bonds. The molecule has 0 saturated carbocycles. The molecule has 0 unspecified atom stereocenters. The van der Waals surface area contributed by atoms with Gasteiger partial charge in [0.05, 0.1) is 16.6 Å². The zero-order valence-electron chi connectivity index (χ0n) is 14.7. The molecule has 0 aliphatic rings. The highest BCUT2D eigenvalue weighted by atomic mass is 16.1. The molecule has 0 fully saturated rings. The first-order valence-electron chi connectivity index (χ1n) is 8.54. The summed E-state index contributed by atoms with van der Waals surface area (Å²) < 4.78 is 4.52. The largest absolute Gasteiger partial charge is 0.276 e. The van der Waals surface area contributed by atoms with Gasteiger partial charge in [-0.15, -0.1) is 5.10 Å². The van der Waals surface area contributed by atoms with Crippen LogP contribution >= 0.6 is 0 Å². The highest BCUT2D eigenvalue weighted by Gasteiger charge is 2.18. The smallest absolute Gasteiger partial charge is 0.268 e. The summed E-state index contributed by atoms with van der Waals surface area (Å²) in [4.78, 5) is 30.2. The van der Waals surface area contributed by atoms with Gasteiger partial charge in [-0.25, -0.2) is 14.0 Å². The Bertz CT molecular complexity index is 1490. The first-order valence-corrected chi connectivity index (χ1v) is 8.54. The van der Waals surface area contributed by atoms with E-state index in [1.165, 1.54) is 15.1 Å². The van der Waals surface area contributed by atoms with Crippen LogP contribution in [0.15, 0.2) is 64.2 Å². The topological polar surface area (TPSA) is 73.7 Å². The van der Waals surface area contributed by atoms with E-state index >= 15 is 0 Å². The van der Waals surface area contributed by atoms with Crippen molar-refractivity contribution in [2.75, 3.05) is 0 Å². The number of benzene rings is 2. The van der Waals surface area contributed by atoms with Crippen LogP contribution in [0, 0.1) is 13.8 Å². The molecule has 0 N–H and O–H groups in total. The summed E-state index contributed by atoms with van der Waals surface area (Å²) in [7, 11) is 0. The van der Waals surface area contributed by atoms with Gasteiger partial charge in [0, 0.05) is 11.8 Å². The van der Waals surface area contributed by atoms with Crippen LogP contribution in [0.5, 0.6) is 0 Å². The molecular formula is C20H15N5O2. The highest BCUT2D eigenvalue weighted by Crippen LogP contribution is 2.19. The Balaban J connectivity index is 2.13. The minimum atomic E-state index is -0.284. The maximum Gasteiger partial charge on any atom is 0.276 e. The van der Waals surface area contributed by atoms with E-state index in [0.717, 1.165) is 5.56 Å². The minimum Gasteiger partial charge on any atom is -0.268 e. The third-order valence-corrected chi connectivity index (χ3v) is 4.63. The van der Waals surface area contributed by atoms with Crippen molar-refractivity contribution >= 4 is 22.5 Å². The van der Waals surface area contributed by atoms with Crippen LogP contribution in [0.4, 0.5) is 0 Å². The summed E-state index contributed by atoms with van der Waals surface area (Å²) in [6, 6.07) is 16.3. The van der Waals surface area contributed by atoms with Crippen LogP contribution in [0.25, 0.3) is 28.1 Å². The molecular weight excluding hydrogens is 342 g/mol. The van der Waals surface area contributed by atoms with Crippen molar-refractivity contribution in [1.29, 1.82) is 0 Å². The van der Waals surface area contributed by atoms with Gasteiger partial charge in [-0.05, 0) is 43.7 Å². The predicted octanol–water partition coefficient (Wildman–Crippen LogP) is 2.26. The maximum absolute atomic E-state index is 13.3. The molecule has 7 heteroatoms. The van der Waals surface area contributed by atoms with E-state index in [1.807, 2.05) is 49.4 Å². The second-order valence-corrected chi connectivity index (χ2v) is 6.58. The van der Waals surface area contributed by atoms with Crippen molar-refractivity contribution in [2.45, 2.75) is 13.8 Å². The number of para-hydroxylation sites is 1. The van der Waals surface area contributed by atoms with Gasteiger partial charge in [-0.2, -0.15) is 4.52 Å². The molecule has 0 aliphatic heterocycles. The molecule has 0 spiro atoms. The zero-order valence-corrected chi connectivity index (χ0v) is 14.7. The second kappa shape index (κ2) is 5.38. The maximum atomic E-state index is 13.3. The van der Waals surface area contributed by atoms with Crippen LogP contribution in [0.1, 0.15) is 11.3 Å². The molecule has 27 heavy (non-hydrogen) atoms.